The quantitative estimate of drug-likeness (QED) is 0.473. The van der Waals surface area contributed by atoms with Crippen molar-refractivity contribution in [3.8, 4) is 16.9 Å². The van der Waals surface area contributed by atoms with Gasteiger partial charge in [0.05, 0.1) is 12.3 Å². The highest BCUT2D eigenvalue weighted by Gasteiger charge is 2.31. The van der Waals surface area contributed by atoms with Gasteiger partial charge in [-0.05, 0) is 54.6 Å². The number of nitrogens with one attached hydrogen (secondary N) is 1. The maximum Gasteiger partial charge on any atom is 0.573 e. The first-order valence-corrected chi connectivity index (χ1v) is 8.89. The van der Waals surface area contributed by atoms with Crippen molar-refractivity contribution in [1.82, 2.24) is 5.32 Å². The summed E-state index contributed by atoms with van der Waals surface area (Å²) in [4.78, 5) is 15.6. The summed E-state index contributed by atoms with van der Waals surface area (Å²) < 4.78 is 41.2. The van der Waals surface area contributed by atoms with Crippen LogP contribution in [-0.4, -0.2) is 24.1 Å². The number of ether oxygens (including phenoxy) is 1. The number of carbonyl (C=O) groups is 1. The molecule has 2 aromatic rings. The number of carbonyl (C=O) groups excluding carboxylic acids is 1. The van der Waals surface area contributed by atoms with Gasteiger partial charge in [0.25, 0.3) is 0 Å². The van der Waals surface area contributed by atoms with Gasteiger partial charge in [0.2, 0.25) is 5.91 Å². The van der Waals surface area contributed by atoms with E-state index in [1.54, 1.807) is 25.1 Å². The Bertz CT molecular complexity index is 965. The van der Waals surface area contributed by atoms with Crippen LogP contribution in [0, 0.1) is 0 Å². The molecule has 8 heteroatoms. The molecule has 0 saturated carbocycles. The number of halogens is 3. The lowest BCUT2D eigenvalue weighted by Crippen LogP contribution is -2.21. The minimum absolute atomic E-state index is 0.0989. The number of nitrogens with zero attached hydrogens (tertiary/aromatic N) is 1. The van der Waals surface area contributed by atoms with E-state index in [9.17, 15) is 23.1 Å². The summed E-state index contributed by atoms with van der Waals surface area (Å²) in [5.74, 6) is -0.730. The third-order valence-electron chi connectivity index (χ3n) is 4.22. The summed E-state index contributed by atoms with van der Waals surface area (Å²) in [6.07, 6.45) is -0.115. The zero-order valence-corrected chi connectivity index (χ0v) is 16.3. The molecule has 0 fully saturated rings. The lowest BCUT2D eigenvalue weighted by Gasteiger charge is -2.18. The molecule has 0 saturated heterocycles. The first-order valence-electron chi connectivity index (χ1n) is 8.89. The topological polar surface area (TPSA) is 70.9 Å². The Labute approximate surface area is 172 Å². The van der Waals surface area contributed by atoms with E-state index in [4.69, 9.17) is 0 Å². The van der Waals surface area contributed by atoms with Crippen LogP contribution >= 0.6 is 0 Å². The number of hydrogen-bond acceptors (Lipinski definition) is 4. The van der Waals surface area contributed by atoms with Gasteiger partial charge in [-0.15, -0.1) is 13.2 Å². The molecule has 0 radical (unpaired) electrons. The van der Waals surface area contributed by atoms with E-state index in [0.717, 1.165) is 6.08 Å². The average Bonchev–Trinajstić information content (AvgIpc) is 2.71. The molecule has 158 valence electrons. The fourth-order valence-electron chi connectivity index (χ4n) is 2.96. The first-order chi connectivity index (χ1) is 14.2. The van der Waals surface area contributed by atoms with E-state index in [2.05, 4.69) is 28.3 Å². The first kappa shape index (κ1) is 22.9. The standard InChI is InChI=1S/C22H21F3N2O3/c1-4-6-17-18(14-7-9-16(10-8-14)30-22(23,24)25)11-15(12-27-20(29)5-2)19(13-28)21(17)26-3/h4-11,28H,2-3,12-13H2,1H3,(H,27,29)/b6-4-. The highest BCUT2D eigenvalue weighted by molar-refractivity contribution is 5.88. The van der Waals surface area contributed by atoms with Crippen LogP contribution in [-0.2, 0) is 17.9 Å². The molecule has 5 nitrogen and oxygen atoms in total. The van der Waals surface area contributed by atoms with Crippen molar-refractivity contribution in [2.45, 2.75) is 26.4 Å². The minimum Gasteiger partial charge on any atom is -0.406 e. The monoisotopic (exact) mass is 418 g/mol. The highest BCUT2D eigenvalue weighted by atomic mass is 19.4. The van der Waals surface area contributed by atoms with Crippen LogP contribution in [0.25, 0.3) is 17.2 Å². The van der Waals surface area contributed by atoms with E-state index in [0.29, 0.717) is 33.5 Å². The number of benzene rings is 2. The van der Waals surface area contributed by atoms with Crippen LogP contribution in [0.15, 0.2) is 54.1 Å². The Morgan fingerprint density at radius 2 is 1.97 bits per heavy atom. The highest BCUT2D eigenvalue weighted by Crippen LogP contribution is 2.38. The van der Waals surface area contributed by atoms with Gasteiger partial charge in [-0.1, -0.05) is 30.9 Å². The molecule has 0 spiro atoms. The van der Waals surface area contributed by atoms with E-state index in [-0.39, 0.29) is 24.8 Å². The van der Waals surface area contributed by atoms with Gasteiger partial charge in [0.1, 0.15) is 5.75 Å². The van der Waals surface area contributed by atoms with Crippen LogP contribution in [0.5, 0.6) is 5.75 Å². The van der Waals surface area contributed by atoms with Crippen LogP contribution in [0.1, 0.15) is 23.6 Å². The van der Waals surface area contributed by atoms with Crippen molar-refractivity contribution in [2.24, 2.45) is 4.99 Å². The zero-order chi connectivity index (χ0) is 22.3. The van der Waals surface area contributed by atoms with Gasteiger partial charge in [-0.2, -0.15) is 0 Å². The van der Waals surface area contributed by atoms with Gasteiger partial charge in [0, 0.05) is 17.7 Å². The average molecular weight is 418 g/mol. The molecule has 0 heterocycles. The summed E-state index contributed by atoms with van der Waals surface area (Å²) in [5, 5.41) is 12.5. The number of alkyl halides is 3. The van der Waals surface area contributed by atoms with Crippen LogP contribution in [0.4, 0.5) is 18.9 Å². The van der Waals surface area contributed by atoms with Crippen molar-refractivity contribution in [1.29, 1.82) is 0 Å². The van der Waals surface area contributed by atoms with Gasteiger partial charge < -0.3 is 15.2 Å². The fraction of sp³-hybridized carbons (Fsp3) is 0.182. The summed E-state index contributed by atoms with van der Waals surface area (Å²) >= 11 is 0. The number of rotatable bonds is 8. The molecule has 0 aromatic heterocycles. The van der Waals surface area contributed by atoms with Crippen molar-refractivity contribution < 1.29 is 27.8 Å². The lowest BCUT2D eigenvalue weighted by atomic mass is 9.91. The smallest absolute Gasteiger partial charge is 0.406 e. The maximum atomic E-state index is 12.4. The lowest BCUT2D eigenvalue weighted by molar-refractivity contribution is -0.274. The zero-order valence-electron chi connectivity index (χ0n) is 16.3. The Morgan fingerprint density at radius 3 is 2.47 bits per heavy atom. The summed E-state index contributed by atoms with van der Waals surface area (Å²) in [6.45, 7) is 8.54. The molecule has 0 unspecified atom stereocenters. The van der Waals surface area contributed by atoms with Crippen molar-refractivity contribution in [3.05, 3.63) is 65.8 Å². The number of allylic oxidation sites excluding steroid dienone is 1. The number of amides is 1. The van der Waals surface area contributed by atoms with Gasteiger partial charge in [-0.3, -0.25) is 9.79 Å². The van der Waals surface area contributed by atoms with Crippen molar-refractivity contribution in [3.63, 3.8) is 0 Å². The molecule has 1 amide bonds. The predicted octanol–water partition coefficient (Wildman–Crippen LogP) is 4.91. The Kier molecular flexibility index (Phi) is 7.54. The minimum atomic E-state index is -4.78. The van der Waals surface area contributed by atoms with Crippen molar-refractivity contribution in [2.75, 3.05) is 0 Å². The van der Waals surface area contributed by atoms with Gasteiger partial charge >= 0.3 is 6.36 Å². The van der Waals surface area contributed by atoms with Gasteiger partial charge in [0.15, 0.2) is 0 Å². The second-order valence-corrected chi connectivity index (χ2v) is 6.13. The van der Waals surface area contributed by atoms with Crippen LogP contribution in [0.2, 0.25) is 0 Å². The van der Waals surface area contributed by atoms with Crippen LogP contribution in [0.3, 0.4) is 0 Å². The Hall–Kier alpha value is -3.39. The molecule has 0 aliphatic carbocycles. The van der Waals surface area contributed by atoms with E-state index >= 15 is 0 Å². The molecule has 0 bridgehead atoms. The normalized spacial score (nSPS) is 11.4. The van der Waals surface area contributed by atoms with E-state index in [1.807, 2.05) is 0 Å². The van der Waals surface area contributed by atoms with E-state index in [1.165, 1.54) is 24.3 Å². The van der Waals surface area contributed by atoms with Gasteiger partial charge in [-0.25, -0.2) is 0 Å². The summed E-state index contributed by atoms with van der Waals surface area (Å²) in [6, 6.07) is 7.14. The molecular weight excluding hydrogens is 397 g/mol. The third kappa shape index (κ3) is 5.57. The van der Waals surface area contributed by atoms with Crippen LogP contribution < -0.4 is 10.1 Å². The van der Waals surface area contributed by atoms with Crippen molar-refractivity contribution >= 4 is 24.4 Å². The maximum absolute atomic E-state index is 12.4. The third-order valence-corrected chi connectivity index (χ3v) is 4.22. The molecule has 2 aromatic carbocycles. The Morgan fingerprint density at radius 1 is 1.30 bits per heavy atom. The summed E-state index contributed by atoms with van der Waals surface area (Å²) in [5.41, 5.74) is 3.39. The summed E-state index contributed by atoms with van der Waals surface area (Å²) in [7, 11) is 0. The molecule has 30 heavy (non-hydrogen) atoms. The number of hydrogen-bond donors (Lipinski definition) is 2. The second kappa shape index (κ2) is 9.89. The number of aliphatic hydroxyl groups excluding tert-OH is 1. The molecule has 2 rings (SSSR count). The molecule has 0 aliphatic rings. The fourth-order valence-corrected chi connectivity index (χ4v) is 2.96. The number of aliphatic imine (C=N–C) groups is 1. The number of aliphatic hydroxyl groups is 1. The molecular formula is C22H21F3N2O3. The molecule has 0 atom stereocenters. The largest absolute Gasteiger partial charge is 0.573 e. The molecule has 2 N–H and O–H groups in total. The van der Waals surface area contributed by atoms with E-state index < -0.39 is 6.36 Å². The second-order valence-electron chi connectivity index (χ2n) is 6.13. The predicted molar refractivity (Wildman–Crippen MR) is 110 cm³/mol. The molecule has 0 aliphatic heterocycles. The Balaban J connectivity index is 2.62. The SMILES string of the molecule is C=CC(=O)NCc1cc(-c2ccc(OC(F)(F)F)cc2)c(/C=C\C)c(N=C)c1CO.